The van der Waals surface area contributed by atoms with Crippen LogP contribution >= 0.6 is 0 Å². The molecule has 0 spiro atoms. The molecular formula is C25H26N6O3. The number of anilines is 1. The van der Waals surface area contributed by atoms with Gasteiger partial charge < -0.3 is 18.9 Å². The number of carbonyl (C=O) groups is 1. The molecule has 5 rings (SSSR count). The summed E-state index contributed by atoms with van der Waals surface area (Å²) in [5.74, 6) is 1.78. The predicted octanol–water partition coefficient (Wildman–Crippen LogP) is 3.33. The van der Waals surface area contributed by atoms with Crippen molar-refractivity contribution in [3.05, 3.63) is 71.6 Å². The minimum Gasteiger partial charge on any atom is -0.497 e. The van der Waals surface area contributed by atoms with E-state index in [4.69, 9.17) is 9.47 Å². The molecule has 0 fully saturated rings. The summed E-state index contributed by atoms with van der Waals surface area (Å²) in [6.45, 7) is 2.45. The monoisotopic (exact) mass is 458 g/mol. The van der Waals surface area contributed by atoms with Crippen LogP contribution in [0.2, 0.25) is 0 Å². The Bertz CT molecular complexity index is 1350. The zero-order valence-electron chi connectivity index (χ0n) is 19.6. The fourth-order valence-electron chi connectivity index (χ4n) is 4.21. The molecule has 0 unspecified atom stereocenters. The van der Waals surface area contributed by atoms with Crippen LogP contribution in [0, 0.1) is 0 Å². The first kappa shape index (κ1) is 21.7. The van der Waals surface area contributed by atoms with Gasteiger partial charge in [-0.2, -0.15) is 0 Å². The molecule has 0 N–H and O–H groups in total. The highest BCUT2D eigenvalue weighted by Gasteiger charge is 2.28. The van der Waals surface area contributed by atoms with Gasteiger partial charge in [-0.1, -0.05) is 12.1 Å². The zero-order chi connectivity index (χ0) is 23.8. The van der Waals surface area contributed by atoms with Gasteiger partial charge in [0.1, 0.15) is 17.9 Å². The van der Waals surface area contributed by atoms with E-state index >= 15 is 0 Å². The van der Waals surface area contributed by atoms with Gasteiger partial charge in [-0.25, -0.2) is 9.78 Å². The summed E-state index contributed by atoms with van der Waals surface area (Å²) >= 11 is 0. The molecule has 0 amide bonds. The lowest BCUT2D eigenvalue weighted by molar-refractivity contribution is 0.0518. The molecule has 1 aliphatic heterocycles. The molecule has 0 saturated heterocycles. The second-order valence-electron chi connectivity index (χ2n) is 8.28. The molecule has 1 aliphatic rings. The molecule has 9 nitrogen and oxygen atoms in total. The van der Waals surface area contributed by atoms with Crippen molar-refractivity contribution in [2.24, 2.45) is 0 Å². The molecule has 2 aromatic carbocycles. The summed E-state index contributed by atoms with van der Waals surface area (Å²) in [5.41, 5.74) is 4.99. The summed E-state index contributed by atoms with van der Waals surface area (Å²) in [4.78, 5) is 19.1. The molecule has 0 bridgehead atoms. The Morgan fingerprint density at radius 2 is 1.91 bits per heavy atom. The number of nitrogens with zero attached hydrogens (tertiary/aromatic N) is 6. The molecule has 0 atom stereocenters. The highest BCUT2D eigenvalue weighted by atomic mass is 16.5. The maximum absolute atomic E-state index is 12.7. The maximum Gasteiger partial charge on any atom is 0.358 e. The van der Waals surface area contributed by atoms with Crippen LogP contribution in [0.4, 0.5) is 5.69 Å². The van der Waals surface area contributed by atoms with E-state index in [2.05, 4.69) is 44.3 Å². The van der Waals surface area contributed by atoms with Gasteiger partial charge >= 0.3 is 5.97 Å². The number of esters is 1. The van der Waals surface area contributed by atoms with Crippen LogP contribution < -0.4 is 9.64 Å². The minimum atomic E-state index is -0.441. The fraction of sp³-hybridized carbons (Fsp3) is 0.280. The van der Waals surface area contributed by atoms with E-state index in [0.29, 0.717) is 30.2 Å². The number of aromatic nitrogens is 5. The Balaban J connectivity index is 1.63. The number of methoxy groups -OCH3 is 1. The summed E-state index contributed by atoms with van der Waals surface area (Å²) in [6.07, 6.45) is 2.26. The lowest BCUT2D eigenvalue weighted by Gasteiger charge is -2.13. The molecule has 0 saturated carbocycles. The average Bonchev–Trinajstić information content (AvgIpc) is 3.40. The maximum atomic E-state index is 12.7. The molecular weight excluding hydrogens is 432 g/mol. The highest BCUT2D eigenvalue weighted by Crippen LogP contribution is 2.35. The standard InChI is InChI=1S/C25H26N6O3/c1-5-34-25(32)23-21-14-30-22(12-16-6-8-17(9-7-16)29(2)3)27-28-24(30)19-13-18(33-4)10-11-20(19)31(21)15-26-23/h6-11,13,15H,5,12,14H2,1-4H3. The van der Waals surface area contributed by atoms with Gasteiger partial charge in [-0.05, 0) is 42.8 Å². The van der Waals surface area contributed by atoms with Crippen molar-refractivity contribution in [3.8, 4) is 22.8 Å². The number of ether oxygens (including phenoxy) is 2. The van der Waals surface area contributed by atoms with Crippen molar-refractivity contribution in [3.63, 3.8) is 0 Å². The third kappa shape index (κ3) is 3.68. The number of benzene rings is 2. The third-order valence-corrected chi connectivity index (χ3v) is 5.99. The number of rotatable bonds is 6. The lowest BCUT2D eigenvalue weighted by atomic mass is 10.1. The van der Waals surface area contributed by atoms with Gasteiger partial charge in [-0.3, -0.25) is 4.57 Å². The molecule has 174 valence electrons. The van der Waals surface area contributed by atoms with Gasteiger partial charge in [0, 0.05) is 31.8 Å². The Morgan fingerprint density at radius 3 is 2.62 bits per heavy atom. The molecule has 2 aromatic heterocycles. The molecule has 3 heterocycles. The molecule has 0 aliphatic carbocycles. The predicted molar refractivity (Wildman–Crippen MR) is 128 cm³/mol. The summed E-state index contributed by atoms with van der Waals surface area (Å²) in [5, 5.41) is 9.08. The smallest absolute Gasteiger partial charge is 0.358 e. The number of carbonyl (C=O) groups excluding carboxylic acids is 1. The second kappa shape index (κ2) is 8.66. The van der Waals surface area contributed by atoms with Gasteiger partial charge in [-0.15, -0.1) is 10.2 Å². The fourth-order valence-corrected chi connectivity index (χ4v) is 4.21. The molecule has 34 heavy (non-hydrogen) atoms. The quantitative estimate of drug-likeness (QED) is 0.361. The van der Waals surface area contributed by atoms with E-state index in [1.165, 1.54) is 0 Å². The first-order valence-electron chi connectivity index (χ1n) is 11.1. The molecule has 9 heteroatoms. The first-order valence-corrected chi connectivity index (χ1v) is 11.1. The van der Waals surface area contributed by atoms with E-state index in [-0.39, 0.29) is 6.61 Å². The average molecular weight is 459 g/mol. The SMILES string of the molecule is CCOC(=O)c1ncn2c1Cn1c(Cc3ccc(N(C)C)cc3)nnc1-c1cc(OC)ccc1-2. The summed E-state index contributed by atoms with van der Waals surface area (Å²) in [7, 11) is 5.67. The number of imidazole rings is 1. The van der Waals surface area contributed by atoms with Gasteiger partial charge in [0.15, 0.2) is 11.5 Å². The van der Waals surface area contributed by atoms with Crippen LogP contribution in [0.3, 0.4) is 0 Å². The van der Waals surface area contributed by atoms with Crippen LogP contribution in [0.1, 0.15) is 34.5 Å². The Kier molecular flexibility index (Phi) is 5.53. The van der Waals surface area contributed by atoms with Gasteiger partial charge in [0.25, 0.3) is 0 Å². The number of hydrogen-bond donors (Lipinski definition) is 0. The van der Waals surface area contributed by atoms with Crippen molar-refractivity contribution in [1.29, 1.82) is 0 Å². The lowest BCUT2D eigenvalue weighted by Crippen LogP contribution is -2.14. The van der Waals surface area contributed by atoms with Crippen molar-refractivity contribution >= 4 is 11.7 Å². The Morgan fingerprint density at radius 1 is 1.12 bits per heavy atom. The van der Waals surface area contributed by atoms with E-state index < -0.39 is 5.97 Å². The van der Waals surface area contributed by atoms with E-state index in [9.17, 15) is 4.79 Å². The molecule has 4 aromatic rings. The van der Waals surface area contributed by atoms with Crippen LogP contribution in [-0.4, -0.2) is 58.1 Å². The van der Waals surface area contributed by atoms with Crippen molar-refractivity contribution in [1.82, 2.24) is 24.3 Å². The van der Waals surface area contributed by atoms with E-state index in [1.807, 2.05) is 41.4 Å². The van der Waals surface area contributed by atoms with Crippen LogP contribution in [0.15, 0.2) is 48.8 Å². The van der Waals surface area contributed by atoms with Crippen LogP contribution in [0.25, 0.3) is 17.1 Å². The number of hydrogen-bond acceptors (Lipinski definition) is 7. The summed E-state index contributed by atoms with van der Waals surface area (Å²) in [6, 6.07) is 14.1. The van der Waals surface area contributed by atoms with Crippen LogP contribution in [-0.2, 0) is 17.7 Å². The Labute approximate surface area is 197 Å². The normalized spacial score (nSPS) is 11.8. The van der Waals surface area contributed by atoms with E-state index in [1.54, 1.807) is 20.4 Å². The zero-order valence-corrected chi connectivity index (χ0v) is 19.6. The minimum absolute atomic E-state index is 0.283. The van der Waals surface area contributed by atoms with Gasteiger partial charge in [0.2, 0.25) is 0 Å². The topological polar surface area (TPSA) is 87.3 Å². The van der Waals surface area contributed by atoms with Crippen molar-refractivity contribution in [2.75, 3.05) is 32.7 Å². The largest absolute Gasteiger partial charge is 0.497 e. The third-order valence-electron chi connectivity index (χ3n) is 5.99. The van der Waals surface area contributed by atoms with E-state index in [0.717, 1.165) is 34.0 Å². The Hall–Kier alpha value is -4.14. The second-order valence-corrected chi connectivity index (χ2v) is 8.28. The van der Waals surface area contributed by atoms with Gasteiger partial charge in [0.05, 0.1) is 31.6 Å². The van der Waals surface area contributed by atoms with Crippen LogP contribution in [0.5, 0.6) is 5.75 Å². The number of fused-ring (bicyclic) bond motifs is 5. The van der Waals surface area contributed by atoms with Crippen molar-refractivity contribution < 1.29 is 14.3 Å². The highest BCUT2D eigenvalue weighted by molar-refractivity contribution is 5.89. The van der Waals surface area contributed by atoms with Crippen molar-refractivity contribution in [2.45, 2.75) is 19.9 Å². The first-order chi connectivity index (χ1) is 16.5. The summed E-state index contributed by atoms with van der Waals surface area (Å²) < 4.78 is 14.7. The molecule has 0 radical (unpaired) electrons.